The number of aryl methyl sites for hydroxylation is 1. The van der Waals surface area contributed by atoms with Gasteiger partial charge < -0.3 is 0 Å². The van der Waals surface area contributed by atoms with Crippen molar-refractivity contribution in [3.63, 3.8) is 0 Å². The molecule has 0 unspecified atom stereocenters. The van der Waals surface area contributed by atoms with E-state index in [9.17, 15) is 13.2 Å². The third-order valence-corrected chi connectivity index (χ3v) is 2.66. The molecule has 1 aromatic heterocycles. The quantitative estimate of drug-likeness (QED) is 0.685. The van der Waals surface area contributed by atoms with Crippen molar-refractivity contribution in [2.45, 2.75) is 11.8 Å². The molecule has 1 rings (SSSR count). The maximum Gasteiger partial charge on any atom is 0.267 e. The highest BCUT2D eigenvalue weighted by Crippen LogP contribution is 2.04. The number of nitrogens with one attached hydrogen (secondary N) is 1. The fourth-order valence-corrected chi connectivity index (χ4v) is 1.76. The van der Waals surface area contributed by atoms with E-state index in [1.165, 1.54) is 17.1 Å². The SMILES string of the molecule is CC(=O)NS(=O)(=O)c1cnn(C)c1. The van der Waals surface area contributed by atoms with Crippen molar-refractivity contribution < 1.29 is 13.2 Å². The first kappa shape index (κ1) is 9.72. The van der Waals surface area contributed by atoms with Gasteiger partial charge in [0.15, 0.2) is 0 Å². The van der Waals surface area contributed by atoms with Crippen molar-refractivity contribution in [2.75, 3.05) is 0 Å². The van der Waals surface area contributed by atoms with E-state index >= 15 is 0 Å². The summed E-state index contributed by atoms with van der Waals surface area (Å²) in [5, 5.41) is 3.68. The molecule has 0 spiro atoms. The number of carbonyl (C=O) groups excluding carboxylic acids is 1. The summed E-state index contributed by atoms with van der Waals surface area (Å²) in [6, 6.07) is 0. The van der Waals surface area contributed by atoms with E-state index in [2.05, 4.69) is 5.10 Å². The summed E-state index contributed by atoms with van der Waals surface area (Å²) in [5.74, 6) is -0.621. The summed E-state index contributed by atoms with van der Waals surface area (Å²) < 4.78 is 25.7. The Kier molecular flexibility index (Phi) is 2.37. The third kappa shape index (κ3) is 2.28. The fraction of sp³-hybridized carbons (Fsp3) is 0.333. The lowest BCUT2D eigenvalue weighted by atomic mass is 10.7. The van der Waals surface area contributed by atoms with Gasteiger partial charge in [-0.1, -0.05) is 0 Å². The Morgan fingerprint density at radius 2 is 2.23 bits per heavy atom. The van der Waals surface area contributed by atoms with Crippen LogP contribution in [0.25, 0.3) is 0 Å². The van der Waals surface area contributed by atoms with Crippen LogP contribution in [-0.4, -0.2) is 24.1 Å². The van der Waals surface area contributed by atoms with Crippen LogP contribution in [0.15, 0.2) is 17.3 Å². The zero-order valence-corrected chi connectivity index (χ0v) is 8.00. The van der Waals surface area contributed by atoms with Crippen molar-refractivity contribution in [1.29, 1.82) is 0 Å². The highest BCUT2D eigenvalue weighted by Gasteiger charge is 2.16. The number of hydrogen-bond donors (Lipinski definition) is 1. The molecule has 7 heteroatoms. The van der Waals surface area contributed by atoms with Gasteiger partial charge in [-0.2, -0.15) is 5.10 Å². The Bertz CT molecular complexity index is 420. The standard InChI is InChI=1S/C6H9N3O3S/c1-5(10)8-13(11,12)6-3-7-9(2)4-6/h3-4H,1-2H3,(H,8,10). The van der Waals surface area contributed by atoms with E-state index in [4.69, 9.17) is 0 Å². The summed E-state index contributed by atoms with van der Waals surface area (Å²) >= 11 is 0. The fourth-order valence-electron chi connectivity index (χ4n) is 0.786. The van der Waals surface area contributed by atoms with E-state index in [1.54, 1.807) is 7.05 Å². The molecule has 1 amide bonds. The smallest absolute Gasteiger partial charge is 0.267 e. The Balaban J connectivity index is 3.01. The minimum absolute atomic E-state index is 0.0230. The molecule has 0 saturated heterocycles. The van der Waals surface area contributed by atoms with Gasteiger partial charge in [0, 0.05) is 20.2 Å². The van der Waals surface area contributed by atoms with Crippen LogP contribution in [0.1, 0.15) is 6.92 Å². The number of hydrogen-bond acceptors (Lipinski definition) is 4. The van der Waals surface area contributed by atoms with E-state index in [0.717, 1.165) is 6.92 Å². The lowest BCUT2D eigenvalue weighted by Crippen LogP contribution is -2.27. The van der Waals surface area contributed by atoms with Crippen LogP contribution < -0.4 is 4.72 Å². The van der Waals surface area contributed by atoms with Gasteiger partial charge in [-0.25, -0.2) is 13.1 Å². The Morgan fingerprint density at radius 3 is 2.62 bits per heavy atom. The molecule has 1 aromatic rings. The summed E-state index contributed by atoms with van der Waals surface area (Å²) in [4.78, 5) is 10.5. The van der Waals surface area contributed by atoms with Crippen LogP contribution in [-0.2, 0) is 21.9 Å². The minimum atomic E-state index is -3.72. The minimum Gasteiger partial charge on any atom is -0.274 e. The van der Waals surface area contributed by atoms with Crippen LogP contribution in [0.5, 0.6) is 0 Å². The van der Waals surface area contributed by atoms with Crippen LogP contribution in [0, 0.1) is 0 Å². The summed E-state index contributed by atoms with van der Waals surface area (Å²) in [7, 11) is -2.13. The molecule has 0 aromatic carbocycles. The number of rotatable bonds is 2. The average molecular weight is 203 g/mol. The predicted octanol–water partition coefficient (Wildman–Crippen LogP) is -0.755. The third-order valence-electron chi connectivity index (χ3n) is 1.27. The number of sulfonamides is 1. The van der Waals surface area contributed by atoms with Crippen molar-refractivity contribution in [1.82, 2.24) is 14.5 Å². The predicted molar refractivity (Wildman–Crippen MR) is 44.2 cm³/mol. The summed E-state index contributed by atoms with van der Waals surface area (Å²) in [6.45, 7) is 1.13. The molecule has 0 atom stereocenters. The largest absolute Gasteiger partial charge is 0.274 e. The lowest BCUT2D eigenvalue weighted by Gasteiger charge is -1.99. The van der Waals surface area contributed by atoms with Crippen LogP contribution in [0.2, 0.25) is 0 Å². The molecule has 1 heterocycles. The van der Waals surface area contributed by atoms with Crippen molar-refractivity contribution in [2.24, 2.45) is 7.05 Å². The van der Waals surface area contributed by atoms with Gasteiger partial charge in [0.1, 0.15) is 4.90 Å². The molecule has 1 N–H and O–H groups in total. The van der Waals surface area contributed by atoms with E-state index in [1.807, 2.05) is 4.72 Å². The maximum atomic E-state index is 11.3. The monoisotopic (exact) mass is 203 g/mol. The first-order chi connectivity index (χ1) is 5.92. The Hall–Kier alpha value is -1.37. The van der Waals surface area contributed by atoms with Gasteiger partial charge in [-0.05, 0) is 0 Å². The Labute approximate surface area is 75.6 Å². The van der Waals surface area contributed by atoms with Gasteiger partial charge in [0.05, 0.1) is 6.20 Å². The van der Waals surface area contributed by atoms with Crippen LogP contribution in [0.3, 0.4) is 0 Å². The maximum absolute atomic E-state index is 11.3. The molecule has 72 valence electrons. The summed E-state index contributed by atoms with van der Waals surface area (Å²) in [5.41, 5.74) is 0. The highest BCUT2D eigenvalue weighted by molar-refractivity contribution is 7.90. The normalized spacial score (nSPS) is 11.2. The average Bonchev–Trinajstić information content (AvgIpc) is 2.32. The van der Waals surface area contributed by atoms with Crippen LogP contribution >= 0.6 is 0 Å². The first-order valence-electron chi connectivity index (χ1n) is 3.44. The molecule has 0 radical (unpaired) electrons. The topological polar surface area (TPSA) is 81.1 Å². The zero-order valence-electron chi connectivity index (χ0n) is 7.18. The van der Waals surface area contributed by atoms with Gasteiger partial charge in [0.2, 0.25) is 5.91 Å². The molecule has 13 heavy (non-hydrogen) atoms. The zero-order chi connectivity index (χ0) is 10.1. The molecular weight excluding hydrogens is 194 g/mol. The van der Waals surface area contributed by atoms with Gasteiger partial charge in [-0.15, -0.1) is 0 Å². The van der Waals surface area contributed by atoms with Gasteiger partial charge in [-0.3, -0.25) is 9.48 Å². The summed E-state index contributed by atoms with van der Waals surface area (Å²) in [6.07, 6.45) is 2.48. The molecule has 0 bridgehead atoms. The molecule has 0 aliphatic rings. The molecule has 0 aliphatic carbocycles. The van der Waals surface area contributed by atoms with Crippen molar-refractivity contribution in [3.05, 3.63) is 12.4 Å². The lowest BCUT2D eigenvalue weighted by molar-refractivity contribution is -0.117. The number of carbonyl (C=O) groups is 1. The number of nitrogens with zero attached hydrogens (tertiary/aromatic N) is 2. The van der Waals surface area contributed by atoms with Crippen molar-refractivity contribution >= 4 is 15.9 Å². The molecule has 6 nitrogen and oxygen atoms in total. The highest BCUT2D eigenvalue weighted by atomic mass is 32.2. The Morgan fingerprint density at radius 1 is 1.62 bits per heavy atom. The molecule has 0 aliphatic heterocycles. The number of aromatic nitrogens is 2. The number of amides is 1. The van der Waals surface area contributed by atoms with Crippen molar-refractivity contribution in [3.8, 4) is 0 Å². The van der Waals surface area contributed by atoms with E-state index in [0.29, 0.717) is 0 Å². The second-order valence-electron chi connectivity index (χ2n) is 2.51. The van der Waals surface area contributed by atoms with Crippen LogP contribution in [0.4, 0.5) is 0 Å². The van der Waals surface area contributed by atoms with E-state index in [-0.39, 0.29) is 4.90 Å². The second kappa shape index (κ2) is 3.17. The first-order valence-corrected chi connectivity index (χ1v) is 4.92. The second-order valence-corrected chi connectivity index (χ2v) is 4.19. The van der Waals surface area contributed by atoms with Gasteiger partial charge in [0.25, 0.3) is 10.0 Å². The molecular formula is C6H9N3O3S. The van der Waals surface area contributed by atoms with E-state index < -0.39 is 15.9 Å². The molecule has 0 saturated carbocycles. The van der Waals surface area contributed by atoms with Gasteiger partial charge >= 0.3 is 0 Å². The molecule has 0 fully saturated rings.